The molecule has 0 aromatic heterocycles. The Morgan fingerprint density at radius 2 is 2.00 bits per heavy atom. The topological polar surface area (TPSA) is 32.3 Å². The van der Waals surface area contributed by atoms with E-state index in [-0.39, 0.29) is 12.1 Å². The second kappa shape index (κ2) is 7.33. The van der Waals surface area contributed by atoms with E-state index in [9.17, 15) is 5.11 Å². The minimum atomic E-state index is -0.139. The van der Waals surface area contributed by atoms with Crippen LogP contribution in [0.1, 0.15) is 44.2 Å². The van der Waals surface area contributed by atoms with Crippen LogP contribution in [0.3, 0.4) is 0 Å². The van der Waals surface area contributed by atoms with Gasteiger partial charge in [-0.2, -0.15) is 0 Å². The molecular weight excluding hydrogens is 317 g/mol. The van der Waals surface area contributed by atoms with E-state index in [0.717, 1.165) is 31.4 Å². The Morgan fingerprint density at radius 3 is 2.70 bits per heavy atom. The third-order valence-electron chi connectivity index (χ3n) is 4.00. The van der Waals surface area contributed by atoms with E-state index in [1.54, 1.807) is 6.07 Å². The van der Waals surface area contributed by atoms with E-state index in [4.69, 9.17) is 34.8 Å². The van der Waals surface area contributed by atoms with Crippen LogP contribution in [0, 0.1) is 5.92 Å². The third kappa shape index (κ3) is 4.02. The number of aliphatic hydroxyl groups excluding tert-OH is 1. The predicted octanol–water partition coefficient (Wildman–Crippen LogP) is 4.85. The normalized spacial score (nSPS) is 24.6. The Bertz CT molecular complexity index is 467. The van der Waals surface area contributed by atoms with Gasteiger partial charge in [-0.25, -0.2) is 0 Å². The summed E-state index contributed by atoms with van der Waals surface area (Å²) >= 11 is 18.3. The molecule has 112 valence electrons. The summed E-state index contributed by atoms with van der Waals surface area (Å²) in [4.78, 5) is 0. The molecular formula is C15H20Cl3NO. The molecule has 1 aliphatic carbocycles. The summed E-state index contributed by atoms with van der Waals surface area (Å²) in [6.45, 7) is 2.94. The van der Waals surface area contributed by atoms with Crippen LogP contribution in [-0.2, 0) is 0 Å². The van der Waals surface area contributed by atoms with Crippen LogP contribution in [0.4, 0.5) is 0 Å². The van der Waals surface area contributed by atoms with Gasteiger partial charge in [-0.3, -0.25) is 0 Å². The van der Waals surface area contributed by atoms with E-state index < -0.39 is 0 Å². The summed E-state index contributed by atoms with van der Waals surface area (Å²) in [6.07, 6.45) is 3.96. The van der Waals surface area contributed by atoms with Gasteiger partial charge in [-0.05, 0) is 50.3 Å². The zero-order valence-electron chi connectivity index (χ0n) is 11.5. The summed E-state index contributed by atoms with van der Waals surface area (Å²) in [5, 5.41) is 14.6. The van der Waals surface area contributed by atoms with Crippen molar-refractivity contribution in [3.63, 3.8) is 0 Å². The lowest BCUT2D eigenvalue weighted by Gasteiger charge is -2.27. The molecule has 0 bridgehead atoms. The summed E-state index contributed by atoms with van der Waals surface area (Å²) in [7, 11) is 0. The Labute approximate surface area is 135 Å². The van der Waals surface area contributed by atoms with Gasteiger partial charge in [0.25, 0.3) is 0 Å². The molecule has 0 heterocycles. The largest absolute Gasteiger partial charge is 0.393 e. The highest BCUT2D eigenvalue weighted by atomic mass is 35.5. The van der Waals surface area contributed by atoms with Crippen LogP contribution in [0.5, 0.6) is 0 Å². The van der Waals surface area contributed by atoms with Crippen molar-refractivity contribution in [2.75, 3.05) is 6.54 Å². The fraction of sp³-hybridized carbons (Fsp3) is 0.600. The summed E-state index contributed by atoms with van der Waals surface area (Å²) in [5.41, 5.74) is 0.956. The molecule has 2 nitrogen and oxygen atoms in total. The molecule has 3 unspecified atom stereocenters. The van der Waals surface area contributed by atoms with Gasteiger partial charge in [-0.1, -0.05) is 47.3 Å². The second-order valence-corrected chi connectivity index (χ2v) is 6.74. The number of halogens is 3. The molecule has 0 saturated heterocycles. The van der Waals surface area contributed by atoms with Crippen molar-refractivity contribution in [1.29, 1.82) is 0 Å². The van der Waals surface area contributed by atoms with Gasteiger partial charge in [0.2, 0.25) is 0 Å². The van der Waals surface area contributed by atoms with Gasteiger partial charge in [0, 0.05) is 6.04 Å². The van der Waals surface area contributed by atoms with E-state index >= 15 is 0 Å². The van der Waals surface area contributed by atoms with Crippen LogP contribution >= 0.6 is 34.8 Å². The van der Waals surface area contributed by atoms with Gasteiger partial charge >= 0.3 is 0 Å². The summed E-state index contributed by atoms with van der Waals surface area (Å²) in [5.74, 6) is 0.530. The number of benzene rings is 1. The molecule has 20 heavy (non-hydrogen) atoms. The quantitative estimate of drug-likeness (QED) is 0.770. The zero-order chi connectivity index (χ0) is 14.7. The average molecular weight is 337 g/mol. The number of hydrogen-bond donors (Lipinski definition) is 2. The standard InChI is InChI=1S/C15H20Cl3NO/c1-9(12-5-6-13(16)15(18)14(12)17)19-8-10-3-2-4-11(20)7-10/h5-6,9-11,19-20H,2-4,7-8H2,1H3. The third-order valence-corrected chi connectivity index (χ3v) is 5.31. The molecule has 2 rings (SSSR count). The molecule has 0 amide bonds. The fourth-order valence-corrected chi connectivity index (χ4v) is 3.48. The van der Waals surface area contributed by atoms with Gasteiger partial charge in [-0.15, -0.1) is 0 Å². The Kier molecular flexibility index (Phi) is 6.00. The van der Waals surface area contributed by atoms with Crippen LogP contribution < -0.4 is 5.32 Å². The molecule has 0 spiro atoms. The number of rotatable bonds is 4. The number of aliphatic hydroxyl groups is 1. The summed E-state index contributed by atoms with van der Waals surface area (Å²) in [6, 6.07) is 3.79. The first-order valence-corrected chi connectivity index (χ1v) is 8.17. The van der Waals surface area contributed by atoms with Crippen LogP contribution in [0.25, 0.3) is 0 Å². The smallest absolute Gasteiger partial charge is 0.0781 e. The Hall–Kier alpha value is 0.01000. The van der Waals surface area contributed by atoms with Crippen molar-refractivity contribution in [2.24, 2.45) is 5.92 Å². The van der Waals surface area contributed by atoms with E-state index in [0.29, 0.717) is 21.0 Å². The monoisotopic (exact) mass is 335 g/mol. The average Bonchev–Trinajstić information content (AvgIpc) is 2.42. The van der Waals surface area contributed by atoms with E-state index in [1.807, 2.05) is 6.07 Å². The highest BCUT2D eigenvalue weighted by Crippen LogP contribution is 2.35. The number of hydrogen-bond acceptors (Lipinski definition) is 2. The zero-order valence-corrected chi connectivity index (χ0v) is 13.8. The minimum absolute atomic E-state index is 0.108. The van der Waals surface area contributed by atoms with Gasteiger partial charge in [0.05, 0.1) is 21.2 Å². The lowest BCUT2D eigenvalue weighted by atomic mass is 9.87. The molecule has 2 N–H and O–H groups in total. The van der Waals surface area contributed by atoms with Crippen molar-refractivity contribution >= 4 is 34.8 Å². The molecule has 0 radical (unpaired) electrons. The van der Waals surface area contributed by atoms with Crippen LogP contribution in [-0.4, -0.2) is 17.8 Å². The van der Waals surface area contributed by atoms with Gasteiger partial charge in [0.1, 0.15) is 0 Å². The van der Waals surface area contributed by atoms with Crippen molar-refractivity contribution in [3.8, 4) is 0 Å². The maximum atomic E-state index is 9.69. The Balaban J connectivity index is 1.95. The van der Waals surface area contributed by atoms with E-state index in [1.165, 1.54) is 6.42 Å². The molecule has 3 atom stereocenters. The number of nitrogens with one attached hydrogen (secondary N) is 1. The van der Waals surface area contributed by atoms with Crippen LogP contribution in [0.2, 0.25) is 15.1 Å². The first-order valence-electron chi connectivity index (χ1n) is 7.04. The highest BCUT2D eigenvalue weighted by molar-refractivity contribution is 6.48. The molecule has 1 aromatic rings. The second-order valence-electron chi connectivity index (χ2n) is 5.58. The first kappa shape index (κ1) is 16.4. The van der Waals surface area contributed by atoms with E-state index in [2.05, 4.69) is 12.2 Å². The molecule has 1 aliphatic rings. The lowest BCUT2D eigenvalue weighted by molar-refractivity contribution is 0.0998. The predicted molar refractivity (Wildman–Crippen MR) is 85.9 cm³/mol. The first-order chi connectivity index (χ1) is 9.49. The van der Waals surface area contributed by atoms with Crippen LogP contribution in [0.15, 0.2) is 12.1 Å². The lowest BCUT2D eigenvalue weighted by Crippen LogP contribution is -2.30. The minimum Gasteiger partial charge on any atom is -0.393 e. The van der Waals surface area contributed by atoms with Gasteiger partial charge < -0.3 is 10.4 Å². The molecule has 1 fully saturated rings. The summed E-state index contributed by atoms with van der Waals surface area (Å²) < 4.78 is 0. The highest BCUT2D eigenvalue weighted by Gasteiger charge is 2.21. The molecule has 1 aromatic carbocycles. The van der Waals surface area contributed by atoms with Crippen molar-refractivity contribution in [2.45, 2.75) is 44.8 Å². The maximum absolute atomic E-state index is 9.69. The SMILES string of the molecule is CC(NCC1CCCC(O)C1)c1ccc(Cl)c(Cl)c1Cl. The van der Waals surface area contributed by atoms with Crippen molar-refractivity contribution in [1.82, 2.24) is 5.32 Å². The molecule has 1 saturated carbocycles. The van der Waals surface area contributed by atoms with Crippen molar-refractivity contribution < 1.29 is 5.11 Å². The maximum Gasteiger partial charge on any atom is 0.0781 e. The molecule has 0 aliphatic heterocycles. The van der Waals surface area contributed by atoms with Gasteiger partial charge in [0.15, 0.2) is 0 Å². The Morgan fingerprint density at radius 1 is 1.25 bits per heavy atom. The van der Waals surface area contributed by atoms with Crippen molar-refractivity contribution in [3.05, 3.63) is 32.8 Å². The fourth-order valence-electron chi connectivity index (χ4n) is 2.78. The molecule has 5 heteroatoms.